The van der Waals surface area contributed by atoms with Crippen molar-refractivity contribution in [1.82, 2.24) is 0 Å². The van der Waals surface area contributed by atoms with Gasteiger partial charge in [-0.05, 0) is 41.5 Å². The van der Waals surface area contributed by atoms with Crippen LogP contribution in [0.15, 0.2) is 42.5 Å². The van der Waals surface area contributed by atoms with Gasteiger partial charge in [-0.25, -0.2) is 4.57 Å². The molecule has 1 aliphatic heterocycles. The predicted molar refractivity (Wildman–Crippen MR) is 108 cm³/mol. The molecule has 0 saturated carbocycles. The fourth-order valence-electron chi connectivity index (χ4n) is 3.73. The topological polar surface area (TPSA) is 72.1 Å². The molecule has 0 bridgehead atoms. The summed E-state index contributed by atoms with van der Waals surface area (Å²) in [4.78, 5) is 0. The molecule has 0 fully saturated rings. The van der Waals surface area contributed by atoms with Crippen LogP contribution in [0.25, 0.3) is 22.4 Å². The predicted octanol–water partition coefficient (Wildman–Crippen LogP) is 3.99. The Morgan fingerprint density at radius 2 is 1.71 bits per heavy atom. The minimum atomic E-state index is 0.463. The number of nitrogens with two attached hydrogens (primary N) is 1. The van der Waals surface area contributed by atoms with Crippen molar-refractivity contribution in [2.45, 2.75) is 13.0 Å². The maximum absolute atomic E-state index is 9.76. The molecule has 0 aliphatic carbocycles. The zero-order valence-corrected chi connectivity index (χ0v) is 16.4. The minimum Gasteiger partial charge on any atom is -0.493 e. The lowest BCUT2D eigenvalue weighted by atomic mass is 9.92. The number of hydrogen-bond acceptors (Lipinski definition) is 4. The van der Waals surface area contributed by atoms with Gasteiger partial charge >= 0.3 is 0 Å². The Morgan fingerprint density at radius 1 is 1.04 bits per heavy atom. The summed E-state index contributed by atoms with van der Waals surface area (Å²) in [6, 6.07) is 15.7. The van der Waals surface area contributed by atoms with Crippen LogP contribution in [0.1, 0.15) is 11.1 Å². The second-order valence-electron chi connectivity index (χ2n) is 6.59. The van der Waals surface area contributed by atoms with Crippen LogP contribution in [0, 0.1) is 11.3 Å². The highest BCUT2D eigenvalue weighted by Gasteiger charge is 2.28. The summed E-state index contributed by atoms with van der Waals surface area (Å²) in [6.45, 7) is 0.694. The highest BCUT2D eigenvalue weighted by atomic mass is 35.5. The van der Waals surface area contributed by atoms with Crippen molar-refractivity contribution in [3.8, 4) is 40.0 Å². The maximum Gasteiger partial charge on any atom is 0.291 e. The number of fused-ring (bicyclic) bond motifs is 3. The number of aromatic nitrogens is 1. The molecule has 0 radical (unpaired) electrons. The van der Waals surface area contributed by atoms with Gasteiger partial charge < -0.3 is 9.47 Å². The fraction of sp³-hybridized carbons (Fsp3) is 0.182. The number of nitrogens with zero attached hydrogens (tertiary/aromatic N) is 2. The van der Waals surface area contributed by atoms with E-state index in [1.54, 1.807) is 14.2 Å². The first kappa shape index (κ1) is 18.1. The van der Waals surface area contributed by atoms with Gasteiger partial charge in [0, 0.05) is 22.6 Å². The Bertz CT molecular complexity index is 1120. The summed E-state index contributed by atoms with van der Waals surface area (Å²) in [6.07, 6.45) is 0.794. The molecule has 3 aromatic rings. The van der Waals surface area contributed by atoms with Crippen LogP contribution in [0.2, 0.25) is 5.02 Å². The first-order valence-electron chi connectivity index (χ1n) is 8.85. The molecule has 2 heterocycles. The summed E-state index contributed by atoms with van der Waals surface area (Å²) in [5.41, 5.74) is 11.7. The number of benzene rings is 2. The Hall–Kier alpha value is -3.23. The Morgan fingerprint density at radius 3 is 2.36 bits per heavy atom. The van der Waals surface area contributed by atoms with Crippen LogP contribution < -0.4 is 19.8 Å². The van der Waals surface area contributed by atoms with Gasteiger partial charge in [-0.1, -0.05) is 23.7 Å². The van der Waals surface area contributed by atoms with Crippen molar-refractivity contribution in [2.75, 3.05) is 20.0 Å². The van der Waals surface area contributed by atoms with Crippen LogP contribution >= 0.6 is 11.6 Å². The van der Waals surface area contributed by atoms with Gasteiger partial charge in [0.15, 0.2) is 11.5 Å². The lowest BCUT2D eigenvalue weighted by molar-refractivity contribution is -0.673. The second-order valence-corrected chi connectivity index (χ2v) is 7.02. The molecule has 0 amide bonds. The van der Waals surface area contributed by atoms with Crippen molar-refractivity contribution in [1.29, 1.82) is 5.26 Å². The third kappa shape index (κ3) is 2.83. The largest absolute Gasteiger partial charge is 0.493 e. The summed E-state index contributed by atoms with van der Waals surface area (Å²) in [5, 5.41) is 10.4. The van der Waals surface area contributed by atoms with Crippen molar-refractivity contribution in [3.63, 3.8) is 0 Å². The van der Waals surface area contributed by atoms with Crippen LogP contribution in [0.4, 0.5) is 5.82 Å². The normalized spacial score (nSPS) is 11.9. The smallest absolute Gasteiger partial charge is 0.291 e. The van der Waals surface area contributed by atoms with Crippen molar-refractivity contribution < 1.29 is 14.0 Å². The lowest BCUT2D eigenvalue weighted by Crippen LogP contribution is -2.44. The number of rotatable bonds is 3. The highest BCUT2D eigenvalue weighted by Crippen LogP contribution is 2.39. The molecule has 2 N–H and O–H groups in total. The second kappa shape index (κ2) is 7.06. The third-order valence-electron chi connectivity index (χ3n) is 5.15. The average Bonchev–Trinajstić information content (AvgIpc) is 2.72. The molecule has 140 valence electrons. The molecule has 4 rings (SSSR count). The van der Waals surface area contributed by atoms with E-state index in [4.69, 9.17) is 26.8 Å². The van der Waals surface area contributed by atoms with Gasteiger partial charge in [0.2, 0.25) is 0 Å². The van der Waals surface area contributed by atoms with Crippen molar-refractivity contribution in [3.05, 3.63) is 58.6 Å². The number of anilines is 1. The molecular weight excluding hydrogens is 374 g/mol. The molecule has 0 saturated heterocycles. The third-order valence-corrected chi connectivity index (χ3v) is 5.40. The van der Waals surface area contributed by atoms with Crippen molar-refractivity contribution >= 4 is 17.4 Å². The van der Waals surface area contributed by atoms with Gasteiger partial charge in [0.25, 0.3) is 5.82 Å². The van der Waals surface area contributed by atoms with Gasteiger partial charge in [-0.2, -0.15) is 5.26 Å². The lowest BCUT2D eigenvalue weighted by Gasteiger charge is -2.22. The molecule has 5 nitrogen and oxygen atoms in total. The summed E-state index contributed by atoms with van der Waals surface area (Å²) >= 11 is 6.03. The fourth-order valence-corrected chi connectivity index (χ4v) is 3.85. The van der Waals surface area contributed by atoms with Crippen LogP contribution in [-0.2, 0) is 13.0 Å². The van der Waals surface area contributed by atoms with Gasteiger partial charge in [0.1, 0.15) is 17.3 Å². The molecular formula is C22H19ClN3O2+. The molecule has 0 atom stereocenters. The van der Waals surface area contributed by atoms with E-state index in [0.717, 1.165) is 34.4 Å². The first-order valence-corrected chi connectivity index (χ1v) is 9.22. The number of ether oxygens (including phenoxy) is 2. The summed E-state index contributed by atoms with van der Waals surface area (Å²) < 4.78 is 12.9. The average molecular weight is 393 g/mol. The molecule has 0 unspecified atom stereocenters. The van der Waals surface area contributed by atoms with Crippen molar-refractivity contribution in [2.24, 2.45) is 0 Å². The molecule has 6 heteroatoms. The number of nitrogen functional groups attached to an aromatic ring is 1. The SMILES string of the molecule is COc1cc2c(cc1OC)-c1cc(-c3ccc(Cl)cc3)c(C#N)c(N)[n+]1CC2. The number of halogens is 1. The van der Waals surface area contributed by atoms with E-state index < -0.39 is 0 Å². The number of aryl methyl sites for hydroxylation is 1. The summed E-state index contributed by atoms with van der Waals surface area (Å²) in [7, 11) is 3.25. The Labute approximate surface area is 168 Å². The number of pyridine rings is 1. The number of hydrogen-bond donors (Lipinski definition) is 1. The first-order chi connectivity index (χ1) is 13.6. The van der Waals surface area contributed by atoms with Gasteiger partial charge in [-0.15, -0.1) is 0 Å². The molecule has 1 aliphatic rings. The number of nitriles is 1. The van der Waals surface area contributed by atoms with Gasteiger partial charge in [-0.3, -0.25) is 5.73 Å². The Balaban J connectivity index is 1.99. The van der Waals surface area contributed by atoms with E-state index in [2.05, 4.69) is 6.07 Å². The molecule has 28 heavy (non-hydrogen) atoms. The minimum absolute atomic E-state index is 0.463. The van der Waals surface area contributed by atoms with E-state index in [0.29, 0.717) is 34.4 Å². The van der Waals surface area contributed by atoms with Crippen LogP contribution in [-0.4, -0.2) is 14.2 Å². The quantitative estimate of drug-likeness (QED) is 0.684. The van der Waals surface area contributed by atoms with E-state index in [1.807, 2.05) is 47.0 Å². The van der Waals surface area contributed by atoms with E-state index in [9.17, 15) is 5.26 Å². The molecule has 0 spiro atoms. The van der Waals surface area contributed by atoms with E-state index in [-0.39, 0.29) is 0 Å². The highest BCUT2D eigenvalue weighted by molar-refractivity contribution is 6.30. The summed E-state index contributed by atoms with van der Waals surface area (Å²) in [5.74, 6) is 1.82. The monoisotopic (exact) mass is 392 g/mol. The standard InChI is InChI=1S/C22H18ClN3O2/c1-27-20-9-14-7-8-26-19(17(14)11-21(20)28-2)10-16(18(12-24)22(26)25)13-3-5-15(23)6-4-13/h3-6,9-11,25H,7-8H2,1-2H3/p+1. The maximum atomic E-state index is 9.76. The van der Waals surface area contributed by atoms with Crippen LogP contribution in [0.3, 0.4) is 0 Å². The number of methoxy groups -OCH3 is 2. The van der Waals surface area contributed by atoms with Gasteiger partial charge in [0.05, 0.1) is 20.8 Å². The van der Waals surface area contributed by atoms with Crippen LogP contribution in [0.5, 0.6) is 11.5 Å². The Kier molecular flexibility index (Phi) is 4.58. The molecule has 2 aromatic carbocycles. The van der Waals surface area contributed by atoms with E-state index in [1.165, 1.54) is 0 Å². The zero-order chi connectivity index (χ0) is 19.8. The molecule has 1 aromatic heterocycles. The van der Waals surface area contributed by atoms with E-state index >= 15 is 0 Å². The zero-order valence-electron chi connectivity index (χ0n) is 15.6.